The van der Waals surface area contributed by atoms with E-state index in [4.69, 9.17) is 4.74 Å². The number of esters is 1. The Hall–Kier alpha value is -3.28. The molecular weight excluding hydrogens is 371 g/mol. The molecule has 1 N–H and O–H groups in total. The molecule has 0 spiro atoms. The Morgan fingerprint density at radius 3 is 2.45 bits per heavy atom. The lowest BCUT2D eigenvalue weighted by atomic mass is 10.0. The van der Waals surface area contributed by atoms with Crippen molar-refractivity contribution in [3.63, 3.8) is 0 Å². The van der Waals surface area contributed by atoms with Gasteiger partial charge in [0.2, 0.25) is 0 Å². The van der Waals surface area contributed by atoms with Gasteiger partial charge in [-0.1, -0.05) is 32.0 Å². The van der Waals surface area contributed by atoms with Gasteiger partial charge in [-0.3, -0.25) is 4.79 Å². The van der Waals surface area contributed by atoms with E-state index in [0.717, 1.165) is 0 Å². The predicted octanol–water partition coefficient (Wildman–Crippen LogP) is 4.36. The zero-order chi connectivity index (χ0) is 21.0. The van der Waals surface area contributed by atoms with Crippen LogP contribution < -0.4 is 5.32 Å². The van der Waals surface area contributed by atoms with Gasteiger partial charge in [0.1, 0.15) is 11.9 Å². The number of pyridine rings is 1. The Bertz CT molecular complexity index is 1030. The fourth-order valence-corrected chi connectivity index (χ4v) is 3.20. The SMILES string of the molecule is COC(=O)C(CC(C)C)NC(=O)c1cc(-c2ccc(F)cc2)nc2ccccc12. The average molecular weight is 394 g/mol. The summed E-state index contributed by atoms with van der Waals surface area (Å²) in [6.07, 6.45) is 0.465. The third-order valence-corrected chi connectivity index (χ3v) is 4.60. The first kappa shape index (κ1) is 20.5. The van der Waals surface area contributed by atoms with Crippen molar-refractivity contribution in [2.24, 2.45) is 5.92 Å². The van der Waals surface area contributed by atoms with Gasteiger partial charge in [0.25, 0.3) is 5.91 Å². The molecule has 0 saturated carbocycles. The summed E-state index contributed by atoms with van der Waals surface area (Å²) in [5.41, 5.74) is 2.27. The number of ether oxygens (including phenoxy) is 1. The van der Waals surface area contributed by atoms with E-state index in [1.807, 2.05) is 32.0 Å². The van der Waals surface area contributed by atoms with Gasteiger partial charge in [-0.25, -0.2) is 14.2 Å². The largest absolute Gasteiger partial charge is 0.467 e. The number of nitrogens with zero attached hydrogens (tertiary/aromatic N) is 1. The molecule has 0 fully saturated rings. The number of benzene rings is 2. The molecule has 0 aliphatic carbocycles. The first-order valence-electron chi connectivity index (χ1n) is 9.43. The first-order chi connectivity index (χ1) is 13.9. The van der Waals surface area contributed by atoms with Crippen LogP contribution in [0.5, 0.6) is 0 Å². The number of rotatable bonds is 6. The van der Waals surface area contributed by atoms with E-state index < -0.39 is 12.0 Å². The molecule has 0 radical (unpaired) electrons. The standard InChI is InChI=1S/C23H23FN2O3/c1-14(2)12-21(23(28)29-3)26-22(27)18-13-20(15-8-10-16(24)11-9-15)25-19-7-5-4-6-17(18)19/h4-11,13-14,21H,12H2,1-3H3,(H,26,27). The third kappa shape index (κ3) is 4.77. The summed E-state index contributed by atoms with van der Waals surface area (Å²) in [6, 6.07) is 14.1. The maximum Gasteiger partial charge on any atom is 0.328 e. The minimum Gasteiger partial charge on any atom is -0.467 e. The second kappa shape index (κ2) is 8.82. The Kier molecular flexibility index (Phi) is 6.22. The highest BCUT2D eigenvalue weighted by Crippen LogP contribution is 2.25. The van der Waals surface area contributed by atoms with Crippen molar-refractivity contribution in [3.05, 3.63) is 66.0 Å². The van der Waals surface area contributed by atoms with E-state index >= 15 is 0 Å². The van der Waals surface area contributed by atoms with Gasteiger partial charge < -0.3 is 10.1 Å². The fourth-order valence-electron chi connectivity index (χ4n) is 3.20. The van der Waals surface area contributed by atoms with Crippen molar-refractivity contribution in [2.75, 3.05) is 7.11 Å². The summed E-state index contributed by atoms with van der Waals surface area (Å²) in [6.45, 7) is 3.94. The topological polar surface area (TPSA) is 68.3 Å². The molecule has 3 aromatic rings. The van der Waals surface area contributed by atoms with Crippen LogP contribution in [0.15, 0.2) is 54.6 Å². The number of amides is 1. The Morgan fingerprint density at radius 1 is 1.10 bits per heavy atom. The van der Waals surface area contributed by atoms with E-state index in [1.54, 1.807) is 24.3 Å². The number of nitrogens with one attached hydrogen (secondary N) is 1. The Balaban J connectivity index is 2.03. The molecule has 0 bridgehead atoms. The minimum atomic E-state index is -0.742. The molecular formula is C23H23FN2O3. The van der Waals surface area contributed by atoms with E-state index in [0.29, 0.717) is 34.1 Å². The van der Waals surface area contributed by atoms with Crippen molar-refractivity contribution in [1.82, 2.24) is 10.3 Å². The van der Waals surface area contributed by atoms with Gasteiger partial charge in [0, 0.05) is 10.9 Å². The van der Waals surface area contributed by atoms with Crippen molar-refractivity contribution in [2.45, 2.75) is 26.3 Å². The molecule has 0 aliphatic heterocycles. The van der Waals surface area contributed by atoms with Crippen molar-refractivity contribution in [3.8, 4) is 11.3 Å². The summed E-state index contributed by atoms with van der Waals surface area (Å²) in [4.78, 5) is 29.8. The zero-order valence-electron chi connectivity index (χ0n) is 16.6. The number of para-hydroxylation sites is 1. The number of hydrogen-bond acceptors (Lipinski definition) is 4. The van der Waals surface area contributed by atoms with Crippen LogP contribution in [0.4, 0.5) is 4.39 Å². The monoisotopic (exact) mass is 394 g/mol. The molecule has 1 aromatic heterocycles. The number of aromatic nitrogens is 1. The number of carbonyl (C=O) groups is 2. The molecule has 6 heteroatoms. The van der Waals surface area contributed by atoms with Gasteiger partial charge >= 0.3 is 5.97 Å². The lowest BCUT2D eigenvalue weighted by Gasteiger charge is -2.19. The fraction of sp³-hybridized carbons (Fsp3) is 0.261. The van der Waals surface area contributed by atoms with Crippen molar-refractivity contribution >= 4 is 22.8 Å². The third-order valence-electron chi connectivity index (χ3n) is 4.60. The smallest absolute Gasteiger partial charge is 0.328 e. The molecule has 1 heterocycles. The summed E-state index contributed by atoms with van der Waals surface area (Å²) in [7, 11) is 1.30. The van der Waals surface area contributed by atoms with Crippen LogP contribution in [0.3, 0.4) is 0 Å². The highest BCUT2D eigenvalue weighted by atomic mass is 19.1. The van der Waals surface area contributed by atoms with Crippen LogP contribution in [0, 0.1) is 11.7 Å². The van der Waals surface area contributed by atoms with Gasteiger partial charge in [0.05, 0.1) is 23.9 Å². The van der Waals surface area contributed by atoms with Crippen LogP contribution in [0.25, 0.3) is 22.2 Å². The van der Waals surface area contributed by atoms with Crippen LogP contribution in [0.2, 0.25) is 0 Å². The second-order valence-electron chi connectivity index (χ2n) is 7.26. The van der Waals surface area contributed by atoms with Crippen LogP contribution in [-0.2, 0) is 9.53 Å². The highest BCUT2D eigenvalue weighted by Gasteiger charge is 2.24. The second-order valence-corrected chi connectivity index (χ2v) is 7.26. The van der Waals surface area contributed by atoms with E-state index in [1.165, 1.54) is 19.2 Å². The summed E-state index contributed by atoms with van der Waals surface area (Å²) < 4.78 is 18.1. The number of fused-ring (bicyclic) bond motifs is 1. The molecule has 150 valence electrons. The maximum atomic E-state index is 13.3. The number of hydrogen-bond donors (Lipinski definition) is 1. The lowest BCUT2D eigenvalue weighted by molar-refractivity contribution is -0.143. The highest BCUT2D eigenvalue weighted by molar-refractivity contribution is 6.08. The average Bonchev–Trinajstić information content (AvgIpc) is 2.72. The van der Waals surface area contributed by atoms with E-state index in [9.17, 15) is 14.0 Å². The molecule has 1 amide bonds. The summed E-state index contributed by atoms with van der Waals surface area (Å²) in [5.74, 6) is -1.02. The quantitative estimate of drug-likeness (QED) is 0.631. The molecule has 1 unspecified atom stereocenters. The molecule has 5 nitrogen and oxygen atoms in total. The lowest BCUT2D eigenvalue weighted by Crippen LogP contribution is -2.42. The molecule has 1 atom stereocenters. The van der Waals surface area contributed by atoms with Crippen LogP contribution in [-0.4, -0.2) is 30.0 Å². The predicted molar refractivity (Wildman–Crippen MR) is 110 cm³/mol. The molecule has 2 aromatic carbocycles. The zero-order valence-corrected chi connectivity index (χ0v) is 16.6. The molecule has 0 saturated heterocycles. The first-order valence-corrected chi connectivity index (χ1v) is 9.43. The van der Waals surface area contributed by atoms with Gasteiger partial charge in [0.15, 0.2) is 0 Å². The van der Waals surface area contributed by atoms with Gasteiger partial charge in [-0.2, -0.15) is 0 Å². The number of carbonyl (C=O) groups excluding carboxylic acids is 2. The van der Waals surface area contributed by atoms with E-state index in [2.05, 4.69) is 10.3 Å². The van der Waals surface area contributed by atoms with Crippen molar-refractivity contribution < 1.29 is 18.7 Å². The van der Waals surface area contributed by atoms with Gasteiger partial charge in [-0.15, -0.1) is 0 Å². The maximum absolute atomic E-state index is 13.3. The Morgan fingerprint density at radius 2 is 1.79 bits per heavy atom. The summed E-state index contributed by atoms with van der Waals surface area (Å²) >= 11 is 0. The molecule has 3 rings (SSSR count). The normalized spacial score (nSPS) is 12.0. The number of halogens is 1. The van der Waals surface area contributed by atoms with Crippen molar-refractivity contribution in [1.29, 1.82) is 0 Å². The number of methoxy groups -OCH3 is 1. The Labute approximate surface area is 168 Å². The summed E-state index contributed by atoms with van der Waals surface area (Å²) in [5, 5.41) is 3.46. The molecule has 29 heavy (non-hydrogen) atoms. The minimum absolute atomic E-state index is 0.198. The molecule has 0 aliphatic rings. The van der Waals surface area contributed by atoms with E-state index in [-0.39, 0.29) is 17.6 Å². The van der Waals surface area contributed by atoms with Crippen LogP contribution in [0.1, 0.15) is 30.6 Å². The van der Waals surface area contributed by atoms with Gasteiger partial charge in [-0.05, 0) is 48.7 Å². The van der Waals surface area contributed by atoms with Crippen LogP contribution >= 0.6 is 0 Å².